The van der Waals surface area contributed by atoms with Gasteiger partial charge in [-0.25, -0.2) is 4.98 Å². The van der Waals surface area contributed by atoms with Crippen LogP contribution in [0.5, 0.6) is 0 Å². The van der Waals surface area contributed by atoms with Gasteiger partial charge in [-0.05, 0) is 25.3 Å². The number of aryl methyl sites for hydroxylation is 1. The standard InChI is InChI=1S/C22H28N4O3/c1-17-23-9-12-25(17)16-22(29)7-10-24(11-8-22)21(28)15-26-14-19(13-20(26)27)18-5-3-2-4-6-18/h2-6,9,12,19,29H,7-8,10-11,13-16H2,1H3. The number of rotatable bonds is 5. The summed E-state index contributed by atoms with van der Waals surface area (Å²) >= 11 is 0. The van der Waals surface area contributed by atoms with Gasteiger partial charge in [0.2, 0.25) is 11.8 Å². The number of aromatic nitrogens is 2. The Balaban J connectivity index is 1.30. The molecule has 2 aromatic rings. The molecule has 29 heavy (non-hydrogen) atoms. The molecular weight excluding hydrogens is 368 g/mol. The van der Waals surface area contributed by atoms with Crippen LogP contribution >= 0.6 is 0 Å². The molecule has 0 radical (unpaired) electrons. The van der Waals surface area contributed by atoms with Crippen LogP contribution in [0, 0.1) is 6.92 Å². The van der Waals surface area contributed by atoms with Crippen molar-refractivity contribution >= 4 is 11.8 Å². The molecule has 2 aliphatic rings. The fraction of sp³-hybridized carbons (Fsp3) is 0.500. The lowest BCUT2D eigenvalue weighted by Gasteiger charge is -2.39. The summed E-state index contributed by atoms with van der Waals surface area (Å²) in [5.74, 6) is 1.03. The maximum Gasteiger partial charge on any atom is 0.242 e. The van der Waals surface area contributed by atoms with Crippen LogP contribution in [-0.2, 0) is 16.1 Å². The topological polar surface area (TPSA) is 78.7 Å². The number of aliphatic hydroxyl groups is 1. The molecule has 3 heterocycles. The van der Waals surface area contributed by atoms with Gasteiger partial charge in [0.25, 0.3) is 0 Å². The van der Waals surface area contributed by atoms with E-state index in [0.29, 0.717) is 45.4 Å². The Labute approximate surface area is 170 Å². The molecule has 0 saturated carbocycles. The van der Waals surface area contributed by atoms with Crippen molar-refractivity contribution in [2.75, 3.05) is 26.2 Å². The second-order valence-electron chi connectivity index (χ2n) is 8.29. The minimum Gasteiger partial charge on any atom is -0.388 e. The van der Waals surface area contributed by atoms with E-state index < -0.39 is 5.60 Å². The molecule has 0 spiro atoms. The first-order valence-electron chi connectivity index (χ1n) is 10.2. The molecule has 0 bridgehead atoms. The number of hydrogen-bond acceptors (Lipinski definition) is 4. The van der Waals surface area contributed by atoms with Gasteiger partial charge in [-0.15, -0.1) is 0 Å². The number of amides is 2. The summed E-state index contributed by atoms with van der Waals surface area (Å²) < 4.78 is 1.95. The van der Waals surface area contributed by atoms with Gasteiger partial charge in [0, 0.05) is 44.4 Å². The average molecular weight is 396 g/mol. The van der Waals surface area contributed by atoms with Crippen LogP contribution in [0.15, 0.2) is 42.7 Å². The molecule has 7 heteroatoms. The summed E-state index contributed by atoms with van der Waals surface area (Å²) in [7, 11) is 0. The van der Waals surface area contributed by atoms with Crippen molar-refractivity contribution in [3.8, 4) is 0 Å². The fourth-order valence-corrected chi connectivity index (χ4v) is 4.36. The zero-order chi connectivity index (χ0) is 20.4. The van der Waals surface area contributed by atoms with E-state index >= 15 is 0 Å². The van der Waals surface area contributed by atoms with Gasteiger partial charge < -0.3 is 19.5 Å². The Morgan fingerprint density at radius 2 is 1.97 bits per heavy atom. The number of nitrogens with zero attached hydrogens (tertiary/aromatic N) is 4. The molecule has 1 aromatic carbocycles. The van der Waals surface area contributed by atoms with Gasteiger partial charge in [0.05, 0.1) is 18.7 Å². The zero-order valence-electron chi connectivity index (χ0n) is 16.8. The number of carbonyl (C=O) groups excluding carboxylic acids is 2. The first-order chi connectivity index (χ1) is 13.9. The van der Waals surface area contributed by atoms with Crippen LogP contribution in [0.4, 0.5) is 0 Å². The lowest BCUT2D eigenvalue weighted by molar-refractivity contribution is -0.141. The SMILES string of the molecule is Cc1nccn1CC1(O)CCN(C(=O)CN2CC(c3ccccc3)CC2=O)CC1. The van der Waals surface area contributed by atoms with Gasteiger partial charge in [0.15, 0.2) is 0 Å². The van der Waals surface area contributed by atoms with E-state index in [1.54, 1.807) is 16.0 Å². The zero-order valence-corrected chi connectivity index (χ0v) is 16.8. The Hall–Kier alpha value is -2.67. The Bertz CT molecular complexity index is 871. The van der Waals surface area contributed by atoms with Crippen LogP contribution in [0.25, 0.3) is 0 Å². The van der Waals surface area contributed by atoms with E-state index in [4.69, 9.17) is 0 Å². The van der Waals surface area contributed by atoms with Crippen molar-refractivity contribution in [1.29, 1.82) is 0 Å². The van der Waals surface area contributed by atoms with E-state index in [1.165, 1.54) is 0 Å². The minimum absolute atomic E-state index is 0.0343. The predicted molar refractivity (Wildman–Crippen MR) is 108 cm³/mol. The molecule has 2 saturated heterocycles. The van der Waals surface area contributed by atoms with Crippen LogP contribution in [0.3, 0.4) is 0 Å². The molecule has 0 aliphatic carbocycles. The third-order valence-corrected chi connectivity index (χ3v) is 6.25. The first kappa shape index (κ1) is 19.6. The van der Waals surface area contributed by atoms with Crippen LogP contribution < -0.4 is 0 Å². The second-order valence-corrected chi connectivity index (χ2v) is 8.29. The molecule has 1 N–H and O–H groups in total. The number of carbonyl (C=O) groups is 2. The lowest BCUT2D eigenvalue weighted by Crippen LogP contribution is -2.51. The van der Waals surface area contributed by atoms with E-state index in [9.17, 15) is 14.7 Å². The largest absolute Gasteiger partial charge is 0.388 e. The smallest absolute Gasteiger partial charge is 0.242 e. The maximum atomic E-state index is 12.8. The van der Waals surface area contributed by atoms with Crippen molar-refractivity contribution in [2.24, 2.45) is 0 Å². The van der Waals surface area contributed by atoms with Crippen molar-refractivity contribution in [1.82, 2.24) is 19.4 Å². The third-order valence-electron chi connectivity index (χ3n) is 6.25. The number of benzene rings is 1. The highest BCUT2D eigenvalue weighted by Gasteiger charge is 2.37. The molecule has 154 valence electrons. The number of imidazole rings is 1. The molecule has 1 atom stereocenters. The van der Waals surface area contributed by atoms with Crippen molar-refractivity contribution in [3.63, 3.8) is 0 Å². The molecular formula is C22H28N4O3. The third kappa shape index (κ3) is 4.34. The molecule has 2 fully saturated rings. The summed E-state index contributed by atoms with van der Waals surface area (Å²) in [5, 5.41) is 10.9. The van der Waals surface area contributed by atoms with E-state index in [-0.39, 0.29) is 24.3 Å². The van der Waals surface area contributed by atoms with Crippen LogP contribution in [-0.4, -0.2) is 68.1 Å². The fourth-order valence-electron chi connectivity index (χ4n) is 4.36. The maximum absolute atomic E-state index is 12.8. The monoisotopic (exact) mass is 396 g/mol. The number of likely N-dealkylation sites (tertiary alicyclic amines) is 2. The van der Waals surface area contributed by atoms with Crippen LogP contribution in [0.1, 0.15) is 36.6 Å². The van der Waals surface area contributed by atoms with Crippen molar-refractivity contribution in [3.05, 3.63) is 54.1 Å². The van der Waals surface area contributed by atoms with E-state index in [2.05, 4.69) is 4.98 Å². The molecule has 1 aromatic heterocycles. The van der Waals surface area contributed by atoms with Gasteiger partial charge >= 0.3 is 0 Å². The Morgan fingerprint density at radius 3 is 2.62 bits per heavy atom. The summed E-state index contributed by atoms with van der Waals surface area (Å²) in [6.07, 6.45) is 5.11. The molecule has 4 rings (SSSR count). The summed E-state index contributed by atoms with van der Waals surface area (Å²) in [4.78, 5) is 32.8. The molecule has 1 unspecified atom stereocenters. The highest BCUT2D eigenvalue weighted by atomic mass is 16.3. The first-order valence-corrected chi connectivity index (χ1v) is 10.2. The number of piperidine rings is 1. The Morgan fingerprint density at radius 1 is 1.24 bits per heavy atom. The quantitative estimate of drug-likeness (QED) is 0.832. The molecule has 7 nitrogen and oxygen atoms in total. The minimum atomic E-state index is -0.829. The highest BCUT2D eigenvalue weighted by Crippen LogP contribution is 2.29. The summed E-state index contributed by atoms with van der Waals surface area (Å²) in [6.45, 7) is 4.13. The lowest BCUT2D eigenvalue weighted by atomic mass is 9.91. The second kappa shape index (κ2) is 7.99. The summed E-state index contributed by atoms with van der Waals surface area (Å²) in [6, 6.07) is 10.0. The highest BCUT2D eigenvalue weighted by molar-refractivity contribution is 5.86. The van der Waals surface area contributed by atoms with Gasteiger partial charge in [-0.3, -0.25) is 9.59 Å². The normalized spacial score (nSPS) is 21.6. The molecule has 2 aliphatic heterocycles. The van der Waals surface area contributed by atoms with Crippen molar-refractivity contribution in [2.45, 2.75) is 44.2 Å². The Kier molecular flexibility index (Phi) is 5.41. The summed E-state index contributed by atoms with van der Waals surface area (Å²) in [5.41, 5.74) is 0.318. The number of hydrogen-bond donors (Lipinski definition) is 1. The van der Waals surface area contributed by atoms with E-state index in [0.717, 1.165) is 11.4 Å². The van der Waals surface area contributed by atoms with Gasteiger partial charge in [-0.1, -0.05) is 30.3 Å². The molecule has 2 amide bonds. The predicted octanol–water partition coefficient (Wildman–Crippen LogP) is 1.56. The van der Waals surface area contributed by atoms with Gasteiger partial charge in [0.1, 0.15) is 5.82 Å². The average Bonchev–Trinajstić information content (AvgIpc) is 3.28. The van der Waals surface area contributed by atoms with Gasteiger partial charge in [-0.2, -0.15) is 0 Å². The van der Waals surface area contributed by atoms with Crippen LogP contribution in [0.2, 0.25) is 0 Å². The van der Waals surface area contributed by atoms with Crippen molar-refractivity contribution < 1.29 is 14.7 Å². The van der Waals surface area contributed by atoms with E-state index in [1.807, 2.05) is 48.0 Å².